The fraction of sp³-hybridized carbons (Fsp3) is 0.462. The molecule has 0 unspecified atom stereocenters. The first-order valence-electron chi connectivity index (χ1n) is 5.95. The third kappa shape index (κ3) is 3.16. The van der Waals surface area contributed by atoms with E-state index in [9.17, 15) is 4.79 Å². The minimum absolute atomic E-state index is 0.0300. The van der Waals surface area contributed by atoms with E-state index in [1.807, 2.05) is 12.1 Å². The Morgan fingerprint density at radius 1 is 1.44 bits per heavy atom. The molecule has 18 heavy (non-hydrogen) atoms. The second-order valence-corrected chi connectivity index (χ2v) is 5.05. The number of halogens is 1. The first kappa shape index (κ1) is 13.2. The molecule has 1 aliphatic rings. The van der Waals surface area contributed by atoms with Gasteiger partial charge in [0, 0.05) is 6.04 Å². The van der Waals surface area contributed by atoms with Gasteiger partial charge in [0.05, 0.1) is 7.11 Å². The Balaban J connectivity index is 1.87. The molecule has 1 fully saturated rings. The molecular formula is C13H16BrNO3. The number of rotatable bonds is 5. The van der Waals surface area contributed by atoms with E-state index in [0.29, 0.717) is 17.5 Å². The lowest BCUT2D eigenvalue weighted by molar-refractivity contribution is -0.124. The van der Waals surface area contributed by atoms with Gasteiger partial charge < -0.3 is 14.8 Å². The van der Waals surface area contributed by atoms with Gasteiger partial charge in [-0.15, -0.1) is 0 Å². The first-order chi connectivity index (χ1) is 8.70. The Hall–Kier alpha value is -1.23. The maximum Gasteiger partial charge on any atom is 0.258 e. The van der Waals surface area contributed by atoms with Crippen molar-refractivity contribution in [3.05, 3.63) is 22.7 Å². The zero-order chi connectivity index (χ0) is 13.0. The van der Waals surface area contributed by atoms with Crippen LogP contribution in [0.15, 0.2) is 22.7 Å². The van der Waals surface area contributed by atoms with Crippen molar-refractivity contribution in [2.75, 3.05) is 13.7 Å². The molecule has 1 aromatic rings. The van der Waals surface area contributed by atoms with E-state index >= 15 is 0 Å². The molecule has 2 rings (SSSR count). The molecular weight excluding hydrogens is 298 g/mol. The summed E-state index contributed by atoms with van der Waals surface area (Å²) in [6.45, 7) is 0.0300. The Morgan fingerprint density at radius 2 is 2.17 bits per heavy atom. The molecule has 0 spiro atoms. The molecule has 0 radical (unpaired) electrons. The van der Waals surface area contributed by atoms with E-state index in [4.69, 9.17) is 9.47 Å². The van der Waals surface area contributed by atoms with Gasteiger partial charge in [-0.25, -0.2) is 0 Å². The molecule has 1 aliphatic carbocycles. The fourth-order valence-electron chi connectivity index (χ4n) is 1.73. The minimum atomic E-state index is -0.0746. The van der Waals surface area contributed by atoms with Gasteiger partial charge in [-0.05, 0) is 47.3 Å². The molecule has 1 aromatic carbocycles. The van der Waals surface area contributed by atoms with Gasteiger partial charge in [0.25, 0.3) is 5.91 Å². The molecule has 98 valence electrons. The van der Waals surface area contributed by atoms with Gasteiger partial charge in [0.15, 0.2) is 6.61 Å². The maximum absolute atomic E-state index is 11.6. The highest BCUT2D eigenvalue weighted by Crippen LogP contribution is 2.33. The molecule has 1 saturated carbocycles. The van der Waals surface area contributed by atoms with Crippen LogP contribution in [-0.4, -0.2) is 25.7 Å². The number of nitrogens with one attached hydrogen (secondary N) is 1. The predicted molar refractivity (Wildman–Crippen MR) is 72.0 cm³/mol. The van der Waals surface area contributed by atoms with E-state index in [1.165, 1.54) is 6.42 Å². The van der Waals surface area contributed by atoms with Crippen molar-refractivity contribution in [2.24, 2.45) is 0 Å². The van der Waals surface area contributed by atoms with Crippen LogP contribution in [0.3, 0.4) is 0 Å². The van der Waals surface area contributed by atoms with Gasteiger partial charge >= 0.3 is 0 Å². The Bertz CT molecular complexity index is 432. The highest BCUT2D eigenvalue weighted by atomic mass is 79.9. The van der Waals surface area contributed by atoms with Gasteiger partial charge in [-0.2, -0.15) is 0 Å². The lowest BCUT2D eigenvalue weighted by atomic mass is 9.93. The van der Waals surface area contributed by atoms with E-state index in [-0.39, 0.29) is 12.5 Å². The molecule has 4 nitrogen and oxygen atoms in total. The molecule has 0 atom stereocenters. The van der Waals surface area contributed by atoms with Crippen molar-refractivity contribution in [3.63, 3.8) is 0 Å². The standard InChI is InChI=1S/C13H16BrNO3/c1-17-10-6-3-7-11(13(10)14)18-8-12(16)15-9-4-2-5-9/h3,6-7,9H,2,4-5,8H2,1H3,(H,15,16). The number of carbonyl (C=O) groups excluding carboxylic acids is 1. The zero-order valence-electron chi connectivity index (χ0n) is 10.2. The van der Waals surface area contributed by atoms with E-state index in [0.717, 1.165) is 17.3 Å². The Morgan fingerprint density at radius 3 is 2.78 bits per heavy atom. The van der Waals surface area contributed by atoms with Crippen LogP contribution in [0.25, 0.3) is 0 Å². The molecule has 5 heteroatoms. The van der Waals surface area contributed by atoms with E-state index < -0.39 is 0 Å². The van der Waals surface area contributed by atoms with Crippen molar-refractivity contribution in [1.82, 2.24) is 5.32 Å². The third-order valence-corrected chi connectivity index (χ3v) is 3.76. The monoisotopic (exact) mass is 313 g/mol. The second-order valence-electron chi connectivity index (χ2n) is 4.26. The normalized spacial score (nSPS) is 14.8. The fourth-order valence-corrected chi connectivity index (χ4v) is 2.27. The van der Waals surface area contributed by atoms with Crippen LogP contribution in [-0.2, 0) is 4.79 Å². The van der Waals surface area contributed by atoms with Crippen LogP contribution in [0.4, 0.5) is 0 Å². The highest BCUT2D eigenvalue weighted by Gasteiger charge is 2.19. The first-order valence-corrected chi connectivity index (χ1v) is 6.74. The van der Waals surface area contributed by atoms with E-state index in [2.05, 4.69) is 21.2 Å². The van der Waals surface area contributed by atoms with Crippen LogP contribution in [0.5, 0.6) is 11.5 Å². The molecule has 0 aromatic heterocycles. The van der Waals surface area contributed by atoms with Gasteiger partial charge in [-0.3, -0.25) is 4.79 Å². The predicted octanol–water partition coefficient (Wildman–Crippen LogP) is 2.51. The summed E-state index contributed by atoms with van der Waals surface area (Å²) in [7, 11) is 1.59. The van der Waals surface area contributed by atoms with Crippen LogP contribution in [0, 0.1) is 0 Å². The van der Waals surface area contributed by atoms with Crippen LogP contribution >= 0.6 is 15.9 Å². The number of methoxy groups -OCH3 is 1. The van der Waals surface area contributed by atoms with Crippen LogP contribution in [0.1, 0.15) is 19.3 Å². The van der Waals surface area contributed by atoms with Crippen LogP contribution < -0.4 is 14.8 Å². The molecule has 0 aliphatic heterocycles. The minimum Gasteiger partial charge on any atom is -0.495 e. The Kier molecular flexibility index (Phi) is 4.47. The number of carbonyl (C=O) groups is 1. The van der Waals surface area contributed by atoms with Crippen molar-refractivity contribution >= 4 is 21.8 Å². The summed E-state index contributed by atoms with van der Waals surface area (Å²) >= 11 is 3.39. The summed E-state index contributed by atoms with van der Waals surface area (Å²) in [5.41, 5.74) is 0. The average molecular weight is 314 g/mol. The largest absolute Gasteiger partial charge is 0.495 e. The number of hydrogen-bond acceptors (Lipinski definition) is 3. The lowest BCUT2D eigenvalue weighted by Crippen LogP contribution is -2.41. The van der Waals surface area contributed by atoms with Crippen molar-refractivity contribution in [1.29, 1.82) is 0 Å². The smallest absolute Gasteiger partial charge is 0.258 e. The number of ether oxygens (including phenoxy) is 2. The molecule has 1 amide bonds. The third-order valence-electron chi connectivity index (χ3n) is 2.98. The number of hydrogen-bond donors (Lipinski definition) is 1. The summed E-state index contributed by atoms with van der Waals surface area (Å²) in [5, 5.41) is 2.92. The Labute approximate surface area is 115 Å². The van der Waals surface area contributed by atoms with Crippen molar-refractivity contribution < 1.29 is 14.3 Å². The highest BCUT2D eigenvalue weighted by molar-refractivity contribution is 9.10. The molecule has 0 bridgehead atoms. The number of amides is 1. The lowest BCUT2D eigenvalue weighted by Gasteiger charge is -2.26. The quantitative estimate of drug-likeness (QED) is 0.908. The topological polar surface area (TPSA) is 47.6 Å². The SMILES string of the molecule is COc1cccc(OCC(=O)NC2CCC2)c1Br. The van der Waals surface area contributed by atoms with Gasteiger partial charge in [-0.1, -0.05) is 6.07 Å². The molecule has 0 saturated heterocycles. The van der Waals surface area contributed by atoms with Crippen molar-refractivity contribution in [3.8, 4) is 11.5 Å². The second kappa shape index (κ2) is 6.09. The van der Waals surface area contributed by atoms with Gasteiger partial charge in [0.1, 0.15) is 16.0 Å². The summed E-state index contributed by atoms with van der Waals surface area (Å²) in [6.07, 6.45) is 3.36. The molecule has 0 heterocycles. The van der Waals surface area contributed by atoms with Gasteiger partial charge in [0.2, 0.25) is 0 Å². The summed E-state index contributed by atoms with van der Waals surface area (Å²) < 4.78 is 11.4. The summed E-state index contributed by atoms with van der Waals surface area (Å²) in [4.78, 5) is 11.6. The summed E-state index contributed by atoms with van der Waals surface area (Å²) in [5.74, 6) is 1.22. The van der Waals surface area contributed by atoms with Crippen LogP contribution in [0.2, 0.25) is 0 Å². The molecule has 1 N–H and O–H groups in total. The zero-order valence-corrected chi connectivity index (χ0v) is 11.8. The number of benzene rings is 1. The summed E-state index contributed by atoms with van der Waals surface area (Å²) in [6, 6.07) is 5.78. The van der Waals surface area contributed by atoms with Crippen molar-refractivity contribution in [2.45, 2.75) is 25.3 Å². The average Bonchev–Trinajstić information content (AvgIpc) is 2.32. The van der Waals surface area contributed by atoms with E-state index in [1.54, 1.807) is 13.2 Å². The maximum atomic E-state index is 11.6.